The highest BCUT2D eigenvalue weighted by molar-refractivity contribution is 5.27. The Hall–Kier alpha value is -1.71. The van der Waals surface area contributed by atoms with Crippen LogP contribution in [0.4, 0.5) is 4.39 Å². The number of hydrogen-bond acceptors (Lipinski definition) is 2. The van der Waals surface area contributed by atoms with E-state index in [2.05, 4.69) is 5.32 Å². The molecule has 0 aliphatic carbocycles. The summed E-state index contributed by atoms with van der Waals surface area (Å²) >= 11 is 0. The number of halogens is 1. The molecule has 0 spiro atoms. The minimum absolute atomic E-state index is 0.0809. The lowest BCUT2D eigenvalue weighted by atomic mass is 10.1. The Morgan fingerprint density at radius 1 is 1.05 bits per heavy atom. The Morgan fingerprint density at radius 3 is 2.40 bits per heavy atom. The summed E-state index contributed by atoms with van der Waals surface area (Å²) in [6, 6.07) is 12.8. The van der Waals surface area contributed by atoms with Gasteiger partial charge in [0.1, 0.15) is 5.82 Å². The van der Waals surface area contributed by atoms with Crippen LogP contribution in [0.2, 0.25) is 0 Å². The van der Waals surface area contributed by atoms with E-state index >= 15 is 0 Å². The molecule has 0 radical (unpaired) electrons. The molecule has 2 N–H and O–H groups in total. The number of aliphatic hydroxyl groups excluding tert-OH is 1. The monoisotopic (exact) mass is 273 g/mol. The summed E-state index contributed by atoms with van der Waals surface area (Å²) in [4.78, 5) is 0. The summed E-state index contributed by atoms with van der Waals surface area (Å²) in [6.45, 7) is 3.67. The molecule has 0 bridgehead atoms. The molecule has 2 rings (SSSR count). The van der Waals surface area contributed by atoms with E-state index < -0.39 is 0 Å². The number of aliphatic hydroxyl groups is 1. The van der Waals surface area contributed by atoms with Crippen LogP contribution in [0.15, 0.2) is 42.5 Å². The van der Waals surface area contributed by atoms with Crippen molar-refractivity contribution in [2.24, 2.45) is 0 Å². The molecule has 0 amide bonds. The summed E-state index contributed by atoms with van der Waals surface area (Å²) in [5.41, 5.74) is 4.29. The quantitative estimate of drug-likeness (QED) is 0.793. The van der Waals surface area contributed by atoms with E-state index in [-0.39, 0.29) is 12.4 Å². The van der Waals surface area contributed by atoms with Crippen molar-refractivity contribution in [2.75, 3.05) is 6.54 Å². The Labute approximate surface area is 119 Å². The highest BCUT2D eigenvalue weighted by Gasteiger charge is 2.00. The van der Waals surface area contributed by atoms with E-state index in [0.717, 1.165) is 30.6 Å². The van der Waals surface area contributed by atoms with Gasteiger partial charge in [0, 0.05) is 6.54 Å². The average molecular weight is 273 g/mol. The summed E-state index contributed by atoms with van der Waals surface area (Å²) in [6.07, 6.45) is 0.890. The van der Waals surface area contributed by atoms with Gasteiger partial charge < -0.3 is 10.4 Å². The molecule has 0 aliphatic heterocycles. The molecule has 106 valence electrons. The average Bonchev–Trinajstić information content (AvgIpc) is 2.46. The topological polar surface area (TPSA) is 32.3 Å². The Morgan fingerprint density at radius 2 is 1.75 bits per heavy atom. The Kier molecular flexibility index (Phi) is 5.27. The molecule has 20 heavy (non-hydrogen) atoms. The van der Waals surface area contributed by atoms with Crippen molar-refractivity contribution in [2.45, 2.75) is 26.5 Å². The predicted octanol–water partition coefficient (Wildman–Crippen LogP) is 2.96. The first-order chi connectivity index (χ1) is 9.69. The molecule has 0 aliphatic rings. The maximum atomic E-state index is 13.0. The largest absolute Gasteiger partial charge is 0.392 e. The van der Waals surface area contributed by atoms with E-state index in [9.17, 15) is 4.39 Å². The lowest BCUT2D eigenvalue weighted by Crippen LogP contribution is -2.17. The molecule has 0 saturated carbocycles. The molecular formula is C17H20FNO. The van der Waals surface area contributed by atoms with Crippen molar-refractivity contribution >= 4 is 0 Å². The molecule has 2 aromatic carbocycles. The summed E-state index contributed by atoms with van der Waals surface area (Å²) < 4.78 is 13.0. The minimum Gasteiger partial charge on any atom is -0.392 e. The highest BCUT2D eigenvalue weighted by atomic mass is 19.1. The molecule has 2 aromatic rings. The van der Waals surface area contributed by atoms with Gasteiger partial charge in [-0.15, -0.1) is 0 Å². The van der Waals surface area contributed by atoms with Crippen molar-refractivity contribution in [3.8, 4) is 0 Å². The third-order valence-electron chi connectivity index (χ3n) is 3.41. The van der Waals surface area contributed by atoms with Gasteiger partial charge >= 0.3 is 0 Å². The van der Waals surface area contributed by atoms with Crippen molar-refractivity contribution in [3.63, 3.8) is 0 Å². The van der Waals surface area contributed by atoms with Gasteiger partial charge in [-0.05, 0) is 54.3 Å². The summed E-state index contributed by atoms with van der Waals surface area (Å²) in [5, 5.41) is 12.3. The first kappa shape index (κ1) is 14.7. The highest BCUT2D eigenvalue weighted by Crippen LogP contribution is 2.10. The zero-order chi connectivity index (χ0) is 14.4. The number of aryl methyl sites for hydroxylation is 1. The van der Waals surface area contributed by atoms with E-state index in [0.29, 0.717) is 0 Å². The van der Waals surface area contributed by atoms with Gasteiger partial charge in [-0.1, -0.05) is 30.3 Å². The van der Waals surface area contributed by atoms with Crippen LogP contribution in [-0.4, -0.2) is 11.7 Å². The van der Waals surface area contributed by atoms with Gasteiger partial charge in [0.05, 0.1) is 6.61 Å². The first-order valence-corrected chi connectivity index (χ1v) is 6.83. The molecule has 3 heteroatoms. The zero-order valence-electron chi connectivity index (χ0n) is 11.7. The van der Waals surface area contributed by atoms with Gasteiger partial charge in [-0.2, -0.15) is 0 Å². The second kappa shape index (κ2) is 7.17. The van der Waals surface area contributed by atoms with Gasteiger partial charge in [0.15, 0.2) is 0 Å². The van der Waals surface area contributed by atoms with Crippen LogP contribution in [0.25, 0.3) is 0 Å². The van der Waals surface area contributed by atoms with Crippen molar-refractivity contribution in [3.05, 3.63) is 70.5 Å². The van der Waals surface area contributed by atoms with E-state index in [1.807, 2.05) is 37.3 Å². The molecule has 0 atom stereocenters. The third kappa shape index (κ3) is 4.15. The van der Waals surface area contributed by atoms with Crippen LogP contribution < -0.4 is 5.32 Å². The lowest BCUT2D eigenvalue weighted by molar-refractivity contribution is 0.282. The molecule has 0 heterocycles. The fourth-order valence-corrected chi connectivity index (χ4v) is 2.16. The van der Waals surface area contributed by atoms with Gasteiger partial charge in [-0.25, -0.2) is 4.39 Å². The number of rotatable bonds is 6. The smallest absolute Gasteiger partial charge is 0.123 e. The standard InChI is InChI=1S/C17H20FNO/c1-13-10-17(18)7-6-16(13)8-9-19-11-14-2-4-15(12-20)5-3-14/h2-7,10,19-20H,8-9,11-12H2,1H3. The van der Waals surface area contributed by atoms with Gasteiger partial charge in [-0.3, -0.25) is 0 Å². The molecule has 2 nitrogen and oxygen atoms in total. The van der Waals surface area contributed by atoms with Crippen LogP contribution in [0.1, 0.15) is 22.3 Å². The molecular weight excluding hydrogens is 253 g/mol. The normalized spacial score (nSPS) is 10.8. The minimum atomic E-state index is -0.178. The van der Waals surface area contributed by atoms with Crippen molar-refractivity contribution < 1.29 is 9.50 Å². The van der Waals surface area contributed by atoms with Crippen LogP contribution in [-0.2, 0) is 19.6 Å². The number of hydrogen-bond donors (Lipinski definition) is 2. The van der Waals surface area contributed by atoms with Crippen LogP contribution in [0.5, 0.6) is 0 Å². The van der Waals surface area contributed by atoms with Gasteiger partial charge in [0.2, 0.25) is 0 Å². The lowest BCUT2D eigenvalue weighted by Gasteiger charge is -2.08. The molecule has 0 fully saturated rings. The second-order valence-electron chi connectivity index (χ2n) is 4.97. The number of nitrogens with one attached hydrogen (secondary N) is 1. The fraction of sp³-hybridized carbons (Fsp3) is 0.294. The van der Waals surface area contributed by atoms with Crippen molar-refractivity contribution in [1.82, 2.24) is 5.32 Å². The number of benzene rings is 2. The van der Waals surface area contributed by atoms with Crippen LogP contribution >= 0.6 is 0 Å². The summed E-state index contributed by atoms with van der Waals surface area (Å²) in [7, 11) is 0. The second-order valence-corrected chi connectivity index (χ2v) is 4.97. The fourth-order valence-electron chi connectivity index (χ4n) is 2.16. The van der Waals surface area contributed by atoms with E-state index in [1.54, 1.807) is 6.07 Å². The SMILES string of the molecule is Cc1cc(F)ccc1CCNCc1ccc(CO)cc1. The zero-order valence-corrected chi connectivity index (χ0v) is 11.7. The van der Waals surface area contributed by atoms with Crippen LogP contribution in [0, 0.1) is 12.7 Å². The van der Waals surface area contributed by atoms with Crippen LogP contribution in [0.3, 0.4) is 0 Å². The molecule has 0 aromatic heterocycles. The van der Waals surface area contributed by atoms with E-state index in [4.69, 9.17) is 5.11 Å². The maximum Gasteiger partial charge on any atom is 0.123 e. The van der Waals surface area contributed by atoms with Crippen molar-refractivity contribution in [1.29, 1.82) is 0 Å². The Balaban J connectivity index is 1.78. The van der Waals surface area contributed by atoms with E-state index in [1.165, 1.54) is 17.2 Å². The predicted molar refractivity (Wildman–Crippen MR) is 78.9 cm³/mol. The first-order valence-electron chi connectivity index (χ1n) is 6.83. The molecule has 0 saturated heterocycles. The maximum absolute atomic E-state index is 13.0. The molecule has 0 unspecified atom stereocenters. The Bertz CT molecular complexity index is 551. The summed E-state index contributed by atoms with van der Waals surface area (Å²) in [5.74, 6) is -0.178. The van der Waals surface area contributed by atoms with Gasteiger partial charge in [0.25, 0.3) is 0 Å². The third-order valence-corrected chi connectivity index (χ3v) is 3.41.